The van der Waals surface area contributed by atoms with E-state index in [2.05, 4.69) is 60.0 Å². The quantitative estimate of drug-likeness (QED) is 0.724. The van der Waals surface area contributed by atoms with Crippen LogP contribution in [0.2, 0.25) is 0 Å². The van der Waals surface area contributed by atoms with Gasteiger partial charge in [0, 0.05) is 11.1 Å². The van der Waals surface area contributed by atoms with Crippen molar-refractivity contribution >= 4 is 11.8 Å². The van der Waals surface area contributed by atoms with Crippen LogP contribution >= 0.6 is 11.8 Å². The standard InChI is InChI=1S/C13H29NOS/c1-11(2,3)14-12(4,5)9-10-15-13(6,7)16-8/h14H,9-10H2,1-8H3. The molecule has 0 aliphatic heterocycles. The number of hydrogen-bond acceptors (Lipinski definition) is 3. The van der Waals surface area contributed by atoms with E-state index in [-0.39, 0.29) is 16.0 Å². The molecular weight excluding hydrogens is 218 g/mol. The lowest BCUT2D eigenvalue weighted by Crippen LogP contribution is -2.51. The Morgan fingerprint density at radius 3 is 1.88 bits per heavy atom. The van der Waals surface area contributed by atoms with Crippen molar-refractivity contribution in [1.29, 1.82) is 0 Å². The van der Waals surface area contributed by atoms with Crippen molar-refractivity contribution in [2.75, 3.05) is 12.9 Å². The minimum Gasteiger partial charge on any atom is -0.365 e. The van der Waals surface area contributed by atoms with Gasteiger partial charge in [-0.25, -0.2) is 0 Å². The van der Waals surface area contributed by atoms with Crippen LogP contribution in [0.15, 0.2) is 0 Å². The van der Waals surface area contributed by atoms with Gasteiger partial charge in [-0.1, -0.05) is 0 Å². The van der Waals surface area contributed by atoms with E-state index in [1.54, 1.807) is 11.8 Å². The Morgan fingerprint density at radius 1 is 1.00 bits per heavy atom. The second-order valence-electron chi connectivity index (χ2n) is 6.46. The maximum atomic E-state index is 5.85. The van der Waals surface area contributed by atoms with E-state index in [9.17, 15) is 0 Å². The first-order chi connectivity index (χ1) is 6.97. The van der Waals surface area contributed by atoms with Crippen LogP contribution in [0.4, 0.5) is 0 Å². The molecule has 0 fully saturated rings. The summed E-state index contributed by atoms with van der Waals surface area (Å²) in [5.41, 5.74) is 0.269. The van der Waals surface area contributed by atoms with Crippen molar-refractivity contribution in [2.24, 2.45) is 0 Å². The van der Waals surface area contributed by atoms with Gasteiger partial charge in [0.05, 0.1) is 6.61 Å². The summed E-state index contributed by atoms with van der Waals surface area (Å²) >= 11 is 1.75. The Bertz CT molecular complexity index is 206. The molecule has 0 rings (SSSR count). The molecule has 0 spiro atoms. The molecule has 0 heterocycles. The van der Waals surface area contributed by atoms with Gasteiger partial charge < -0.3 is 10.1 Å². The van der Waals surface area contributed by atoms with E-state index < -0.39 is 0 Å². The molecule has 98 valence electrons. The van der Waals surface area contributed by atoms with Crippen LogP contribution in [0.25, 0.3) is 0 Å². The molecule has 0 unspecified atom stereocenters. The van der Waals surface area contributed by atoms with Gasteiger partial charge in [-0.15, -0.1) is 11.8 Å². The lowest BCUT2D eigenvalue weighted by Gasteiger charge is -2.35. The Hall–Kier alpha value is 0.270. The maximum absolute atomic E-state index is 5.85. The van der Waals surface area contributed by atoms with Crippen LogP contribution in [-0.2, 0) is 4.74 Å². The summed E-state index contributed by atoms with van der Waals surface area (Å²) < 4.78 is 5.85. The second kappa shape index (κ2) is 5.74. The number of thioether (sulfide) groups is 1. The van der Waals surface area contributed by atoms with Crippen molar-refractivity contribution in [2.45, 2.75) is 70.9 Å². The number of nitrogens with one attached hydrogen (secondary N) is 1. The fourth-order valence-electron chi connectivity index (χ4n) is 1.69. The summed E-state index contributed by atoms with van der Waals surface area (Å²) in [4.78, 5) is -0.0716. The van der Waals surface area contributed by atoms with Gasteiger partial charge in [0.15, 0.2) is 0 Å². The van der Waals surface area contributed by atoms with E-state index in [0.717, 1.165) is 13.0 Å². The van der Waals surface area contributed by atoms with Gasteiger partial charge in [0.25, 0.3) is 0 Å². The Morgan fingerprint density at radius 2 is 1.50 bits per heavy atom. The molecule has 0 aromatic carbocycles. The van der Waals surface area contributed by atoms with Crippen LogP contribution in [0, 0.1) is 0 Å². The molecule has 1 N–H and O–H groups in total. The van der Waals surface area contributed by atoms with Crippen LogP contribution in [0.5, 0.6) is 0 Å². The van der Waals surface area contributed by atoms with E-state index in [1.807, 2.05) is 0 Å². The number of rotatable bonds is 6. The topological polar surface area (TPSA) is 21.3 Å². The summed E-state index contributed by atoms with van der Waals surface area (Å²) in [7, 11) is 0. The van der Waals surface area contributed by atoms with E-state index in [1.165, 1.54) is 0 Å². The zero-order valence-electron chi connectivity index (χ0n) is 12.2. The number of hydrogen-bond donors (Lipinski definition) is 1. The third kappa shape index (κ3) is 8.43. The van der Waals surface area contributed by atoms with Gasteiger partial charge in [-0.2, -0.15) is 0 Å². The van der Waals surface area contributed by atoms with E-state index in [4.69, 9.17) is 4.74 Å². The van der Waals surface area contributed by atoms with E-state index >= 15 is 0 Å². The highest BCUT2D eigenvalue weighted by Crippen LogP contribution is 2.24. The predicted octanol–water partition coefficient (Wildman–Crippen LogP) is 3.66. The summed E-state index contributed by atoms with van der Waals surface area (Å²) in [6.07, 6.45) is 3.10. The lowest BCUT2D eigenvalue weighted by atomic mass is 9.96. The molecule has 0 saturated carbocycles. The smallest absolute Gasteiger partial charge is 0.107 e. The molecule has 0 bridgehead atoms. The minimum absolute atomic E-state index is 0.0716. The van der Waals surface area contributed by atoms with Crippen LogP contribution in [-0.4, -0.2) is 28.9 Å². The summed E-state index contributed by atoms with van der Waals surface area (Å²) in [6.45, 7) is 16.1. The van der Waals surface area contributed by atoms with E-state index in [0.29, 0.717) is 0 Å². The number of ether oxygens (including phenoxy) is 1. The van der Waals surface area contributed by atoms with Gasteiger partial charge in [-0.05, 0) is 61.1 Å². The molecule has 16 heavy (non-hydrogen) atoms. The van der Waals surface area contributed by atoms with Crippen LogP contribution in [0.3, 0.4) is 0 Å². The zero-order valence-corrected chi connectivity index (χ0v) is 13.0. The summed E-state index contributed by atoms with van der Waals surface area (Å²) in [5.74, 6) is 0. The SMILES string of the molecule is CSC(C)(C)OCCC(C)(C)NC(C)(C)C. The summed E-state index contributed by atoms with van der Waals surface area (Å²) in [5, 5.41) is 3.61. The van der Waals surface area contributed by atoms with Crippen molar-refractivity contribution < 1.29 is 4.74 Å². The fraction of sp³-hybridized carbons (Fsp3) is 1.00. The molecule has 0 aliphatic carbocycles. The molecule has 0 radical (unpaired) electrons. The normalized spacial score (nSPS) is 14.2. The highest BCUT2D eigenvalue weighted by molar-refractivity contribution is 7.99. The van der Waals surface area contributed by atoms with Gasteiger partial charge in [0.1, 0.15) is 4.93 Å². The third-order valence-electron chi connectivity index (χ3n) is 2.38. The van der Waals surface area contributed by atoms with Gasteiger partial charge in [0.2, 0.25) is 0 Å². The molecule has 0 aromatic rings. The monoisotopic (exact) mass is 247 g/mol. The van der Waals surface area contributed by atoms with Crippen molar-refractivity contribution in [3.8, 4) is 0 Å². The molecule has 0 saturated heterocycles. The van der Waals surface area contributed by atoms with Crippen molar-refractivity contribution in [3.05, 3.63) is 0 Å². The molecule has 3 heteroatoms. The average molecular weight is 247 g/mol. The van der Waals surface area contributed by atoms with Gasteiger partial charge in [-0.3, -0.25) is 0 Å². The van der Waals surface area contributed by atoms with Crippen molar-refractivity contribution in [1.82, 2.24) is 5.32 Å². The molecule has 0 aromatic heterocycles. The zero-order chi connectivity index (χ0) is 13.0. The second-order valence-corrected chi connectivity index (χ2v) is 7.85. The maximum Gasteiger partial charge on any atom is 0.107 e. The Balaban J connectivity index is 4.01. The lowest BCUT2D eigenvalue weighted by molar-refractivity contribution is 0.0377. The Labute approximate surface area is 106 Å². The van der Waals surface area contributed by atoms with Crippen LogP contribution < -0.4 is 5.32 Å². The largest absolute Gasteiger partial charge is 0.365 e. The fourth-order valence-corrected chi connectivity index (χ4v) is 1.89. The van der Waals surface area contributed by atoms with Gasteiger partial charge >= 0.3 is 0 Å². The first kappa shape index (κ1) is 16.3. The minimum atomic E-state index is -0.0716. The van der Waals surface area contributed by atoms with Crippen LogP contribution in [0.1, 0.15) is 54.9 Å². The molecular formula is C13H29NOS. The predicted molar refractivity (Wildman–Crippen MR) is 75.1 cm³/mol. The summed E-state index contributed by atoms with van der Waals surface area (Å²) in [6, 6.07) is 0. The van der Waals surface area contributed by atoms with Crippen molar-refractivity contribution in [3.63, 3.8) is 0 Å². The first-order valence-electron chi connectivity index (χ1n) is 5.96. The molecule has 0 amide bonds. The molecule has 2 nitrogen and oxygen atoms in total. The molecule has 0 aliphatic rings. The Kier molecular flexibility index (Phi) is 5.84. The first-order valence-corrected chi connectivity index (χ1v) is 7.18. The third-order valence-corrected chi connectivity index (χ3v) is 3.48. The average Bonchev–Trinajstić information content (AvgIpc) is 1.98. The highest BCUT2D eigenvalue weighted by atomic mass is 32.2. The highest BCUT2D eigenvalue weighted by Gasteiger charge is 2.25. The molecule has 0 atom stereocenters.